The van der Waals surface area contributed by atoms with Gasteiger partial charge in [0.15, 0.2) is 0 Å². The minimum absolute atomic E-state index is 0.659. The van der Waals surface area contributed by atoms with Gasteiger partial charge in [-0.1, -0.05) is 31.2 Å². The van der Waals surface area contributed by atoms with Crippen molar-refractivity contribution in [2.75, 3.05) is 27.2 Å². The molecule has 1 atom stereocenters. The largest absolute Gasteiger partial charge is 0.380 e. The van der Waals surface area contributed by atoms with Crippen LogP contribution in [0.3, 0.4) is 0 Å². The number of rotatable bonds is 9. The number of benzene rings is 1. The molecule has 1 aromatic carbocycles. The Labute approximate surface area is 118 Å². The molecule has 3 heteroatoms. The van der Waals surface area contributed by atoms with Gasteiger partial charge in [-0.2, -0.15) is 0 Å². The average molecular weight is 264 g/mol. The Hall–Kier alpha value is -0.900. The SMILES string of the molecule is CCC(C)N(C)CCNCc1cccc(COC)c1. The van der Waals surface area contributed by atoms with Crippen molar-refractivity contribution >= 4 is 0 Å². The normalized spacial score (nSPS) is 12.9. The maximum Gasteiger partial charge on any atom is 0.0713 e. The number of hydrogen-bond acceptors (Lipinski definition) is 3. The van der Waals surface area contributed by atoms with E-state index in [1.807, 2.05) is 0 Å². The molecule has 108 valence electrons. The second-order valence-electron chi connectivity index (χ2n) is 5.17. The molecular weight excluding hydrogens is 236 g/mol. The van der Waals surface area contributed by atoms with E-state index in [0.29, 0.717) is 12.6 Å². The minimum Gasteiger partial charge on any atom is -0.380 e. The van der Waals surface area contributed by atoms with E-state index in [1.54, 1.807) is 7.11 Å². The van der Waals surface area contributed by atoms with Crippen molar-refractivity contribution in [3.8, 4) is 0 Å². The number of nitrogens with zero attached hydrogens (tertiary/aromatic N) is 1. The Morgan fingerprint density at radius 3 is 2.74 bits per heavy atom. The molecule has 0 heterocycles. The van der Waals surface area contributed by atoms with Gasteiger partial charge in [-0.05, 0) is 31.5 Å². The molecule has 1 unspecified atom stereocenters. The lowest BCUT2D eigenvalue weighted by Gasteiger charge is -2.23. The van der Waals surface area contributed by atoms with Crippen LogP contribution >= 0.6 is 0 Å². The summed E-state index contributed by atoms with van der Waals surface area (Å²) in [5.74, 6) is 0. The van der Waals surface area contributed by atoms with Gasteiger partial charge in [-0.3, -0.25) is 0 Å². The van der Waals surface area contributed by atoms with Crippen LogP contribution in [0.1, 0.15) is 31.4 Å². The fraction of sp³-hybridized carbons (Fsp3) is 0.625. The molecule has 0 fully saturated rings. The van der Waals surface area contributed by atoms with Crippen LogP contribution in [0.2, 0.25) is 0 Å². The summed E-state index contributed by atoms with van der Waals surface area (Å²) >= 11 is 0. The molecule has 0 saturated heterocycles. The molecule has 0 saturated carbocycles. The summed E-state index contributed by atoms with van der Waals surface area (Å²) in [6.45, 7) is 8.22. The van der Waals surface area contributed by atoms with Crippen LogP contribution in [0, 0.1) is 0 Å². The van der Waals surface area contributed by atoms with E-state index in [2.05, 4.69) is 55.4 Å². The van der Waals surface area contributed by atoms with Crippen molar-refractivity contribution in [2.45, 2.75) is 39.5 Å². The van der Waals surface area contributed by atoms with E-state index in [1.165, 1.54) is 17.5 Å². The topological polar surface area (TPSA) is 24.5 Å². The third kappa shape index (κ3) is 6.19. The second-order valence-corrected chi connectivity index (χ2v) is 5.17. The highest BCUT2D eigenvalue weighted by atomic mass is 16.5. The molecule has 0 spiro atoms. The second kappa shape index (κ2) is 9.08. The Bertz CT molecular complexity index is 354. The van der Waals surface area contributed by atoms with Gasteiger partial charge in [0, 0.05) is 32.8 Å². The number of hydrogen-bond donors (Lipinski definition) is 1. The smallest absolute Gasteiger partial charge is 0.0713 e. The van der Waals surface area contributed by atoms with Gasteiger partial charge in [-0.25, -0.2) is 0 Å². The number of likely N-dealkylation sites (N-methyl/N-ethyl adjacent to an activating group) is 1. The molecular formula is C16H28N2O. The van der Waals surface area contributed by atoms with E-state index >= 15 is 0 Å². The number of methoxy groups -OCH3 is 1. The van der Waals surface area contributed by atoms with Crippen LogP contribution in [0.15, 0.2) is 24.3 Å². The Morgan fingerprint density at radius 2 is 2.05 bits per heavy atom. The van der Waals surface area contributed by atoms with E-state index in [0.717, 1.165) is 19.6 Å². The Morgan fingerprint density at radius 1 is 1.32 bits per heavy atom. The van der Waals surface area contributed by atoms with Gasteiger partial charge < -0.3 is 15.0 Å². The van der Waals surface area contributed by atoms with Crippen molar-refractivity contribution in [1.29, 1.82) is 0 Å². The first-order valence-electron chi connectivity index (χ1n) is 7.15. The van der Waals surface area contributed by atoms with Crippen molar-refractivity contribution in [1.82, 2.24) is 10.2 Å². The molecule has 0 aliphatic rings. The first kappa shape index (κ1) is 16.2. The van der Waals surface area contributed by atoms with Crippen LogP contribution in [-0.2, 0) is 17.9 Å². The number of nitrogens with one attached hydrogen (secondary N) is 1. The molecule has 0 radical (unpaired) electrons. The summed E-state index contributed by atoms with van der Waals surface area (Å²) < 4.78 is 5.15. The maximum absolute atomic E-state index is 5.15. The first-order valence-corrected chi connectivity index (χ1v) is 7.15. The molecule has 0 aliphatic carbocycles. The van der Waals surface area contributed by atoms with E-state index in [9.17, 15) is 0 Å². The van der Waals surface area contributed by atoms with Crippen molar-refractivity contribution in [3.63, 3.8) is 0 Å². The first-order chi connectivity index (χ1) is 9.17. The van der Waals surface area contributed by atoms with Crippen LogP contribution < -0.4 is 5.32 Å². The highest BCUT2D eigenvalue weighted by molar-refractivity contribution is 5.22. The average Bonchev–Trinajstić information content (AvgIpc) is 2.43. The fourth-order valence-corrected chi connectivity index (χ4v) is 2.02. The van der Waals surface area contributed by atoms with Crippen LogP contribution in [0.25, 0.3) is 0 Å². The summed E-state index contributed by atoms with van der Waals surface area (Å²) in [5.41, 5.74) is 2.55. The zero-order valence-electron chi connectivity index (χ0n) is 12.8. The molecule has 3 nitrogen and oxygen atoms in total. The van der Waals surface area contributed by atoms with Gasteiger partial charge >= 0.3 is 0 Å². The highest BCUT2D eigenvalue weighted by Crippen LogP contribution is 2.06. The summed E-state index contributed by atoms with van der Waals surface area (Å²) in [4.78, 5) is 2.40. The van der Waals surface area contributed by atoms with Crippen molar-refractivity contribution < 1.29 is 4.74 Å². The number of ether oxygens (including phenoxy) is 1. The molecule has 0 bridgehead atoms. The lowest BCUT2D eigenvalue weighted by molar-refractivity contribution is 0.185. The van der Waals surface area contributed by atoms with Crippen LogP contribution in [0.5, 0.6) is 0 Å². The molecule has 0 aliphatic heterocycles. The Kier molecular flexibility index (Phi) is 7.72. The standard InChI is InChI=1S/C16H28N2O/c1-5-14(2)18(3)10-9-17-12-15-7-6-8-16(11-15)13-19-4/h6-8,11,14,17H,5,9-10,12-13H2,1-4H3. The minimum atomic E-state index is 0.659. The van der Waals surface area contributed by atoms with Gasteiger partial charge in [-0.15, -0.1) is 0 Å². The lowest BCUT2D eigenvalue weighted by Crippen LogP contribution is -2.34. The van der Waals surface area contributed by atoms with E-state index in [4.69, 9.17) is 4.74 Å². The van der Waals surface area contributed by atoms with E-state index < -0.39 is 0 Å². The molecule has 0 aromatic heterocycles. The maximum atomic E-state index is 5.15. The van der Waals surface area contributed by atoms with Crippen LogP contribution in [0.4, 0.5) is 0 Å². The predicted molar refractivity (Wildman–Crippen MR) is 81.2 cm³/mol. The van der Waals surface area contributed by atoms with Gasteiger partial charge in [0.2, 0.25) is 0 Å². The molecule has 1 N–H and O–H groups in total. The van der Waals surface area contributed by atoms with Gasteiger partial charge in [0.25, 0.3) is 0 Å². The highest BCUT2D eigenvalue weighted by Gasteiger charge is 2.05. The van der Waals surface area contributed by atoms with Crippen molar-refractivity contribution in [3.05, 3.63) is 35.4 Å². The summed E-state index contributed by atoms with van der Waals surface area (Å²) in [5, 5.41) is 3.50. The monoisotopic (exact) mass is 264 g/mol. The zero-order chi connectivity index (χ0) is 14.1. The Balaban J connectivity index is 2.27. The third-order valence-corrected chi connectivity index (χ3v) is 3.62. The molecule has 19 heavy (non-hydrogen) atoms. The zero-order valence-corrected chi connectivity index (χ0v) is 12.8. The quantitative estimate of drug-likeness (QED) is 0.694. The van der Waals surface area contributed by atoms with Gasteiger partial charge in [0.1, 0.15) is 0 Å². The molecule has 0 amide bonds. The van der Waals surface area contributed by atoms with Gasteiger partial charge in [0.05, 0.1) is 6.61 Å². The fourth-order valence-electron chi connectivity index (χ4n) is 2.02. The van der Waals surface area contributed by atoms with E-state index in [-0.39, 0.29) is 0 Å². The molecule has 1 aromatic rings. The third-order valence-electron chi connectivity index (χ3n) is 3.62. The van der Waals surface area contributed by atoms with Crippen molar-refractivity contribution in [2.24, 2.45) is 0 Å². The summed E-state index contributed by atoms with van der Waals surface area (Å²) in [6, 6.07) is 9.21. The molecule has 1 rings (SSSR count). The summed E-state index contributed by atoms with van der Waals surface area (Å²) in [6.07, 6.45) is 1.20. The summed E-state index contributed by atoms with van der Waals surface area (Å²) in [7, 11) is 3.92. The predicted octanol–water partition coefficient (Wildman–Crippen LogP) is 2.65. The van der Waals surface area contributed by atoms with Crippen LogP contribution in [-0.4, -0.2) is 38.2 Å². The lowest BCUT2D eigenvalue weighted by atomic mass is 10.1.